The first-order valence-electron chi connectivity index (χ1n) is 9.20. The van der Waals surface area contributed by atoms with E-state index in [1.54, 1.807) is 6.20 Å². The maximum absolute atomic E-state index is 12.9. The Morgan fingerprint density at radius 3 is 2.62 bits per heavy atom. The van der Waals surface area contributed by atoms with Gasteiger partial charge in [-0.05, 0) is 44.8 Å². The summed E-state index contributed by atoms with van der Waals surface area (Å²) >= 11 is 0. The Hall–Kier alpha value is -2.94. The second kappa shape index (κ2) is 7.47. The summed E-state index contributed by atoms with van der Waals surface area (Å²) in [7, 11) is 4.14. The highest BCUT2D eigenvalue weighted by Crippen LogP contribution is 2.32. The number of halogens is 3. The largest absolute Gasteiger partial charge is 0.416 e. The predicted molar refractivity (Wildman–Crippen MR) is 102 cm³/mol. The van der Waals surface area contributed by atoms with Crippen molar-refractivity contribution in [1.29, 1.82) is 0 Å². The minimum absolute atomic E-state index is 0.101. The van der Waals surface area contributed by atoms with E-state index in [0.29, 0.717) is 11.6 Å². The van der Waals surface area contributed by atoms with Crippen LogP contribution in [0.5, 0.6) is 0 Å². The fourth-order valence-corrected chi connectivity index (χ4v) is 3.36. The van der Waals surface area contributed by atoms with Gasteiger partial charge in [-0.15, -0.1) is 0 Å². The lowest BCUT2D eigenvalue weighted by Gasteiger charge is -2.21. The zero-order valence-electron chi connectivity index (χ0n) is 16.0. The second-order valence-corrected chi connectivity index (χ2v) is 7.26. The van der Waals surface area contributed by atoms with Crippen molar-refractivity contribution in [1.82, 2.24) is 20.0 Å². The molecule has 2 aromatic heterocycles. The normalized spacial score (nSPS) is 17.3. The van der Waals surface area contributed by atoms with Gasteiger partial charge in [0.25, 0.3) is 5.89 Å². The molecule has 0 radical (unpaired) electrons. The average molecular weight is 403 g/mol. The summed E-state index contributed by atoms with van der Waals surface area (Å²) in [6.07, 6.45) is -1.70. The van der Waals surface area contributed by atoms with Crippen LogP contribution in [0, 0.1) is 0 Å². The first-order valence-corrected chi connectivity index (χ1v) is 9.20. The van der Waals surface area contributed by atoms with Gasteiger partial charge >= 0.3 is 6.18 Å². The Morgan fingerprint density at radius 2 is 1.97 bits per heavy atom. The van der Waals surface area contributed by atoms with E-state index in [0.717, 1.165) is 37.5 Å². The fraction of sp³-hybridized carbons (Fsp3) is 0.350. The molecule has 0 amide bonds. The molecule has 0 saturated carbocycles. The number of hydrogen-bond donors (Lipinski definition) is 0. The van der Waals surface area contributed by atoms with Crippen LogP contribution in [0.3, 0.4) is 0 Å². The van der Waals surface area contributed by atoms with Crippen LogP contribution in [-0.2, 0) is 6.18 Å². The van der Waals surface area contributed by atoms with Crippen LogP contribution in [0.4, 0.5) is 19.0 Å². The van der Waals surface area contributed by atoms with Gasteiger partial charge in [0.2, 0.25) is 5.82 Å². The molecule has 1 aromatic carbocycles. The van der Waals surface area contributed by atoms with Gasteiger partial charge in [-0.3, -0.25) is 0 Å². The van der Waals surface area contributed by atoms with Gasteiger partial charge in [-0.25, -0.2) is 4.98 Å². The third-order valence-electron chi connectivity index (χ3n) is 5.09. The Balaban J connectivity index is 1.52. The molecule has 3 heterocycles. The van der Waals surface area contributed by atoms with Crippen LogP contribution in [0.25, 0.3) is 22.8 Å². The zero-order valence-corrected chi connectivity index (χ0v) is 16.0. The monoisotopic (exact) mass is 403 g/mol. The molecule has 4 rings (SSSR count). The molecular formula is C20H20F3N5O. The predicted octanol–water partition coefficient (Wildman–Crippen LogP) is 3.96. The van der Waals surface area contributed by atoms with Gasteiger partial charge in [0, 0.05) is 30.9 Å². The molecule has 9 heteroatoms. The SMILES string of the molecule is CN(C)[C@@H]1CCN(c2ccc(-c3nc(-c4cccc(C(F)(F)F)c4)no3)cn2)C1. The Bertz CT molecular complexity index is 984. The molecule has 1 aliphatic rings. The Morgan fingerprint density at radius 1 is 1.14 bits per heavy atom. The van der Waals surface area contributed by atoms with Gasteiger partial charge in [0.15, 0.2) is 0 Å². The molecule has 6 nitrogen and oxygen atoms in total. The van der Waals surface area contributed by atoms with Crippen molar-refractivity contribution in [3.63, 3.8) is 0 Å². The Labute approximate surface area is 166 Å². The molecule has 1 aliphatic heterocycles. The van der Waals surface area contributed by atoms with Crippen molar-refractivity contribution in [3.05, 3.63) is 48.2 Å². The first kappa shape index (κ1) is 19.4. The van der Waals surface area contributed by atoms with Crippen molar-refractivity contribution < 1.29 is 17.7 Å². The highest BCUT2D eigenvalue weighted by Gasteiger charge is 2.31. The maximum atomic E-state index is 12.9. The van der Waals surface area contributed by atoms with E-state index in [-0.39, 0.29) is 17.3 Å². The van der Waals surface area contributed by atoms with Crippen molar-refractivity contribution >= 4 is 5.82 Å². The van der Waals surface area contributed by atoms with E-state index in [9.17, 15) is 13.2 Å². The van der Waals surface area contributed by atoms with Crippen LogP contribution < -0.4 is 4.90 Å². The van der Waals surface area contributed by atoms with Gasteiger partial charge < -0.3 is 14.3 Å². The molecule has 1 atom stereocenters. The molecule has 3 aromatic rings. The third-order valence-corrected chi connectivity index (χ3v) is 5.09. The average Bonchev–Trinajstić information content (AvgIpc) is 3.38. The molecule has 0 aliphatic carbocycles. The topological polar surface area (TPSA) is 58.3 Å². The molecule has 1 saturated heterocycles. The lowest BCUT2D eigenvalue weighted by Crippen LogP contribution is -2.31. The van der Waals surface area contributed by atoms with E-state index in [4.69, 9.17) is 4.52 Å². The molecule has 0 spiro atoms. The van der Waals surface area contributed by atoms with Crippen LogP contribution >= 0.6 is 0 Å². The molecule has 0 N–H and O–H groups in total. The second-order valence-electron chi connectivity index (χ2n) is 7.26. The zero-order chi connectivity index (χ0) is 20.6. The summed E-state index contributed by atoms with van der Waals surface area (Å²) in [4.78, 5) is 13.2. The fourth-order valence-electron chi connectivity index (χ4n) is 3.36. The quantitative estimate of drug-likeness (QED) is 0.657. The summed E-state index contributed by atoms with van der Waals surface area (Å²) in [5, 5.41) is 3.82. The lowest BCUT2D eigenvalue weighted by molar-refractivity contribution is -0.137. The number of hydrogen-bond acceptors (Lipinski definition) is 6. The molecule has 1 fully saturated rings. The van der Waals surface area contributed by atoms with Crippen LogP contribution in [0.15, 0.2) is 47.1 Å². The summed E-state index contributed by atoms with van der Waals surface area (Å²) in [5.41, 5.74) is 0.100. The number of likely N-dealkylation sites (N-methyl/N-ethyl adjacent to an activating group) is 1. The van der Waals surface area contributed by atoms with E-state index >= 15 is 0 Å². The summed E-state index contributed by atoms with van der Waals surface area (Å²) in [6, 6.07) is 9.07. The number of alkyl halides is 3. The van der Waals surface area contributed by atoms with Crippen LogP contribution in [0.1, 0.15) is 12.0 Å². The van der Waals surface area contributed by atoms with Gasteiger partial charge in [0.1, 0.15) is 5.82 Å². The van der Waals surface area contributed by atoms with Crippen molar-refractivity contribution in [2.24, 2.45) is 0 Å². The van der Waals surface area contributed by atoms with Gasteiger partial charge in [0.05, 0.1) is 11.1 Å². The molecular weight excluding hydrogens is 383 g/mol. The summed E-state index contributed by atoms with van der Waals surface area (Å²) < 4.78 is 44.0. The van der Waals surface area contributed by atoms with Gasteiger partial charge in [-0.1, -0.05) is 17.3 Å². The van der Waals surface area contributed by atoms with E-state index in [1.807, 2.05) is 12.1 Å². The number of aromatic nitrogens is 3. The van der Waals surface area contributed by atoms with Crippen molar-refractivity contribution in [2.45, 2.75) is 18.6 Å². The number of anilines is 1. The summed E-state index contributed by atoms with van der Waals surface area (Å²) in [6.45, 7) is 1.86. The molecule has 0 bridgehead atoms. The highest BCUT2D eigenvalue weighted by molar-refractivity contribution is 5.61. The number of pyridine rings is 1. The molecule has 29 heavy (non-hydrogen) atoms. The van der Waals surface area contributed by atoms with Crippen molar-refractivity contribution in [3.8, 4) is 22.8 Å². The maximum Gasteiger partial charge on any atom is 0.416 e. The third kappa shape index (κ3) is 4.09. The van der Waals surface area contributed by atoms with E-state index < -0.39 is 11.7 Å². The number of benzene rings is 1. The van der Waals surface area contributed by atoms with Gasteiger partial charge in [-0.2, -0.15) is 18.2 Å². The van der Waals surface area contributed by atoms with E-state index in [1.165, 1.54) is 12.1 Å². The molecule has 0 unspecified atom stereocenters. The smallest absolute Gasteiger partial charge is 0.355 e. The Kier molecular flexibility index (Phi) is 4.99. The van der Waals surface area contributed by atoms with Crippen LogP contribution in [0.2, 0.25) is 0 Å². The lowest BCUT2D eigenvalue weighted by atomic mass is 10.1. The standard InChI is InChI=1S/C20H20F3N5O/c1-27(2)16-8-9-28(12-16)17-7-6-14(11-24-17)19-25-18(26-29-19)13-4-3-5-15(10-13)20(21,22)23/h3-7,10-11,16H,8-9,12H2,1-2H3/t16-/m1/s1. The number of nitrogens with zero attached hydrogens (tertiary/aromatic N) is 5. The molecule has 152 valence electrons. The summed E-state index contributed by atoms with van der Waals surface area (Å²) in [5.74, 6) is 1.18. The van der Waals surface area contributed by atoms with Crippen LogP contribution in [-0.4, -0.2) is 53.3 Å². The highest BCUT2D eigenvalue weighted by atomic mass is 19.4. The minimum atomic E-state index is -4.43. The number of rotatable bonds is 4. The first-order chi connectivity index (χ1) is 13.8. The minimum Gasteiger partial charge on any atom is -0.355 e. The van der Waals surface area contributed by atoms with Crippen molar-refractivity contribution in [2.75, 3.05) is 32.1 Å². The van der Waals surface area contributed by atoms with E-state index in [2.05, 4.69) is 39.0 Å².